The van der Waals surface area contributed by atoms with Crippen molar-refractivity contribution >= 4 is 18.4 Å². The number of hydrogen-bond acceptors (Lipinski definition) is 5. The van der Waals surface area contributed by atoms with Crippen LogP contribution in [0.5, 0.6) is 0 Å². The third-order valence-electron chi connectivity index (χ3n) is 5.01. The molecule has 0 unspecified atom stereocenters. The van der Waals surface area contributed by atoms with Crippen LogP contribution in [-0.4, -0.2) is 49.5 Å². The zero-order valence-electron chi connectivity index (χ0n) is 14.3. The molecule has 0 bridgehead atoms. The van der Waals surface area contributed by atoms with Crippen LogP contribution in [0, 0.1) is 6.92 Å². The summed E-state index contributed by atoms with van der Waals surface area (Å²) in [6, 6.07) is 2.15. The van der Waals surface area contributed by atoms with Crippen molar-refractivity contribution in [3.05, 3.63) is 17.8 Å². The molecule has 0 radical (unpaired) electrons. The Morgan fingerprint density at radius 2 is 1.73 bits per heavy atom. The first kappa shape index (κ1) is 15.8. The van der Waals surface area contributed by atoms with Crippen LogP contribution in [0.15, 0.2) is 12.3 Å². The van der Waals surface area contributed by atoms with Crippen LogP contribution in [-0.2, 0) is 9.31 Å². The third kappa shape index (κ3) is 2.75. The molecule has 3 heterocycles. The van der Waals surface area contributed by atoms with Crippen molar-refractivity contribution in [3.8, 4) is 0 Å². The van der Waals surface area contributed by atoms with Crippen LogP contribution in [0.25, 0.3) is 0 Å². The second-order valence-electron chi connectivity index (χ2n) is 7.23. The second-order valence-corrected chi connectivity index (χ2v) is 7.23. The minimum absolute atomic E-state index is 0.317. The van der Waals surface area contributed by atoms with Gasteiger partial charge in [-0.15, -0.1) is 0 Å². The van der Waals surface area contributed by atoms with Gasteiger partial charge in [0.05, 0.1) is 11.2 Å². The minimum Gasteiger partial charge on any atom is -0.399 e. The molecule has 3 rings (SSSR count). The monoisotopic (exact) mass is 303 g/mol. The van der Waals surface area contributed by atoms with Gasteiger partial charge in [-0.05, 0) is 40.2 Å². The molecular weight excluding hydrogens is 277 g/mol. The maximum absolute atomic E-state index is 6.10. The Kier molecular flexibility index (Phi) is 3.95. The molecule has 1 aromatic heterocycles. The van der Waals surface area contributed by atoms with Crippen molar-refractivity contribution in [1.82, 2.24) is 10.3 Å². The van der Waals surface area contributed by atoms with E-state index in [1.165, 1.54) is 5.56 Å². The topological polar surface area (TPSA) is 46.6 Å². The van der Waals surface area contributed by atoms with Crippen LogP contribution < -0.4 is 15.7 Å². The van der Waals surface area contributed by atoms with E-state index in [9.17, 15) is 0 Å². The molecule has 2 aliphatic rings. The van der Waals surface area contributed by atoms with E-state index >= 15 is 0 Å². The van der Waals surface area contributed by atoms with E-state index in [0.29, 0.717) is 0 Å². The molecule has 0 atom stereocenters. The fraction of sp³-hybridized carbons (Fsp3) is 0.688. The fourth-order valence-corrected chi connectivity index (χ4v) is 2.91. The predicted molar refractivity (Wildman–Crippen MR) is 89.8 cm³/mol. The normalized spacial score (nSPS) is 23.9. The van der Waals surface area contributed by atoms with Gasteiger partial charge in [0.15, 0.2) is 0 Å². The van der Waals surface area contributed by atoms with E-state index < -0.39 is 0 Å². The summed E-state index contributed by atoms with van der Waals surface area (Å²) in [6.07, 6.45) is 1.90. The highest BCUT2D eigenvalue weighted by atomic mass is 16.7. The van der Waals surface area contributed by atoms with Crippen molar-refractivity contribution in [2.24, 2.45) is 0 Å². The molecule has 22 heavy (non-hydrogen) atoms. The van der Waals surface area contributed by atoms with E-state index in [4.69, 9.17) is 9.31 Å². The maximum atomic E-state index is 6.10. The van der Waals surface area contributed by atoms with Gasteiger partial charge in [0.1, 0.15) is 5.82 Å². The molecule has 0 aliphatic carbocycles. The smallest absolute Gasteiger partial charge is 0.399 e. The Labute approximate surface area is 133 Å². The third-order valence-corrected chi connectivity index (χ3v) is 5.01. The second kappa shape index (κ2) is 5.51. The summed E-state index contributed by atoms with van der Waals surface area (Å²) in [5.41, 5.74) is 1.54. The number of aromatic nitrogens is 1. The van der Waals surface area contributed by atoms with Crippen molar-refractivity contribution in [2.75, 3.05) is 31.1 Å². The van der Waals surface area contributed by atoms with Gasteiger partial charge in [-0.25, -0.2) is 4.98 Å². The summed E-state index contributed by atoms with van der Waals surface area (Å²) >= 11 is 0. The number of hydrogen-bond donors (Lipinski definition) is 1. The number of nitrogens with one attached hydrogen (secondary N) is 1. The molecule has 120 valence electrons. The molecule has 0 aromatic carbocycles. The highest BCUT2D eigenvalue weighted by Gasteiger charge is 2.51. The lowest BCUT2D eigenvalue weighted by molar-refractivity contribution is 0.00578. The van der Waals surface area contributed by atoms with Gasteiger partial charge in [-0.2, -0.15) is 0 Å². The summed E-state index contributed by atoms with van der Waals surface area (Å²) in [4.78, 5) is 7.01. The van der Waals surface area contributed by atoms with Gasteiger partial charge < -0.3 is 19.5 Å². The van der Waals surface area contributed by atoms with Gasteiger partial charge in [-0.3, -0.25) is 0 Å². The van der Waals surface area contributed by atoms with Crippen molar-refractivity contribution in [2.45, 2.75) is 45.8 Å². The number of nitrogens with zero attached hydrogens (tertiary/aromatic N) is 2. The summed E-state index contributed by atoms with van der Waals surface area (Å²) in [5.74, 6) is 1.07. The average molecular weight is 303 g/mol. The first-order valence-electron chi connectivity index (χ1n) is 8.08. The lowest BCUT2D eigenvalue weighted by atomic mass is 9.79. The van der Waals surface area contributed by atoms with Crippen LogP contribution in [0.4, 0.5) is 5.82 Å². The van der Waals surface area contributed by atoms with Crippen LogP contribution >= 0.6 is 0 Å². The first-order chi connectivity index (χ1) is 10.3. The molecule has 5 nitrogen and oxygen atoms in total. The highest BCUT2D eigenvalue weighted by molar-refractivity contribution is 6.62. The molecule has 2 aliphatic heterocycles. The summed E-state index contributed by atoms with van der Waals surface area (Å²) in [7, 11) is -0.340. The number of rotatable bonds is 2. The summed E-state index contributed by atoms with van der Waals surface area (Å²) < 4.78 is 12.2. The molecule has 2 fully saturated rings. The van der Waals surface area contributed by atoms with Crippen LogP contribution in [0.2, 0.25) is 0 Å². The first-order valence-corrected chi connectivity index (χ1v) is 8.08. The predicted octanol–water partition coefficient (Wildman–Crippen LogP) is 1.10. The van der Waals surface area contributed by atoms with E-state index in [1.54, 1.807) is 0 Å². The molecule has 0 saturated carbocycles. The summed E-state index contributed by atoms with van der Waals surface area (Å²) in [6.45, 7) is 14.4. The van der Waals surface area contributed by atoms with Crippen LogP contribution in [0.3, 0.4) is 0 Å². The van der Waals surface area contributed by atoms with E-state index in [-0.39, 0.29) is 18.3 Å². The number of piperazine rings is 1. The fourth-order valence-electron chi connectivity index (χ4n) is 2.91. The standard InChI is InChI=1S/C16H26BN3O2/c1-12-10-13(17-21-15(2,3)16(4,5)22-17)11-19-14(12)20-8-6-18-7-9-20/h10-11,18H,6-9H2,1-5H3. The Hall–Kier alpha value is -1.11. The number of pyridine rings is 1. The van der Waals surface area contributed by atoms with Crippen molar-refractivity contribution in [3.63, 3.8) is 0 Å². The minimum atomic E-state index is -0.340. The maximum Gasteiger partial charge on any atom is 0.496 e. The number of anilines is 1. The van der Waals surface area contributed by atoms with Crippen molar-refractivity contribution in [1.29, 1.82) is 0 Å². The van der Waals surface area contributed by atoms with E-state index in [1.807, 2.05) is 6.20 Å². The SMILES string of the molecule is Cc1cc(B2OC(C)(C)C(C)(C)O2)cnc1N1CCNCC1. The lowest BCUT2D eigenvalue weighted by Crippen LogP contribution is -2.44. The Balaban J connectivity index is 1.81. The molecule has 2 saturated heterocycles. The average Bonchev–Trinajstić information content (AvgIpc) is 2.68. The molecule has 0 spiro atoms. The molecular formula is C16H26BN3O2. The highest BCUT2D eigenvalue weighted by Crippen LogP contribution is 2.36. The largest absolute Gasteiger partial charge is 0.496 e. The van der Waals surface area contributed by atoms with Gasteiger partial charge in [0.25, 0.3) is 0 Å². The van der Waals surface area contributed by atoms with Crippen molar-refractivity contribution < 1.29 is 9.31 Å². The Morgan fingerprint density at radius 3 is 2.27 bits per heavy atom. The van der Waals surface area contributed by atoms with Gasteiger partial charge in [-0.1, -0.05) is 6.07 Å². The van der Waals surface area contributed by atoms with Gasteiger partial charge in [0, 0.05) is 37.8 Å². The molecule has 1 aromatic rings. The summed E-state index contributed by atoms with van der Waals surface area (Å²) in [5, 5.41) is 3.37. The number of aryl methyl sites for hydroxylation is 1. The molecule has 0 amide bonds. The zero-order chi connectivity index (χ0) is 16.0. The van der Waals surface area contributed by atoms with Crippen LogP contribution in [0.1, 0.15) is 33.3 Å². The Bertz CT molecular complexity index is 540. The van der Waals surface area contributed by atoms with E-state index in [0.717, 1.165) is 37.5 Å². The Morgan fingerprint density at radius 1 is 1.14 bits per heavy atom. The zero-order valence-corrected chi connectivity index (χ0v) is 14.3. The van der Waals surface area contributed by atoms with Gasteiger partial charge in [0.2, 0.25) is 0 Å². The van der Waals surface area contributed by atoms with E-state index in [2.05, 4.69) is 55.9 Å². The molecule has 1 N–H and O–H groups in total. The lowest BCUT2D eigenvalue weighted by Gasteiger charge is -2.32. The quantitative estimate of drug-likeness (QED) is 0.829. The molecule has 6 heteroatoms. The van der Waals surface area contributed by atoms with Gasteiger partial charge >= 0.3 is 7.12 Å².